The van der Waals surface area contributed by atoms with Crippen molar-refractivity contribution in [3.8, 4) is 11.3 Å². The van der Waals surface area contributed by atoms with E-state index in [0.717, 1.165) is 41.1 Å². The molecular formula is C23H27NO2. The van der Waals surface area contributed by atoms with Gasteiger partial charge in [0.25, 0.3) is 0 Å². The summed E-state index contributed by atoms with van der Waals surface area (Å²) in [5.74, 6) is 1.89. The van der Waals surface area contributed by atoms with Gasteiger partial charge in [-0.2, -0.15) is 0 Å². The predicted molar refractivity (Wildman–Crippen MR) is 102 cm³/mol. The number of hydrogen-bond donors (Lipinski definition) is 1. The van der Waals surface area contributed by atoms with Gasteiger partial charge in [-0.05, 0) is 79.7 Å². The molecule has 1 aromatic carbocycles. The van der Waals surface area contributed by atoms with Gasteiger partial charge >= 0.3 is 5.97 Å². The Hall–Kier alpha value is -2.03. The molecule has 0 radical (unpaired) electrons. The van der Waals surface area contributed by atoms with E-state index in [-0.39, 0.29) is 0 Å². The number of benzene rings is 1. The van der Waals surface area contributed by atoms with E-state index in [2.05, 4.69) is 16.7 Å². The van der Waals surface area contributed by atoms with Crippen LogP contribution in [-0.4, -0.2) is 15.6 Å². The van der Waals surface area contributed by atoms with Gasteiger partial charge in [-0.15, -0.1) is 0 Å². The molecule has 136 valence electrons. The number of aromatic nitrogens is 1. The number of carboxylic acids is 1. The van der Waals surface area contributed by atoms with E-state index in [1.54, 1.807) is 0 Å². The number of rotatable bonds is 4. The summed E-state index contributed by atoms with van der Waals surface area (Å²) in [6.45, 7) is 0. The molecule has 1 aromatic heterocycles. The Bertz CT molecular complexity index is 813. The summed E-state index contributed by atoms with van der Waals surface area (Å²) in [4.78, 5) is 12.0. The number of carbonyl (C=O) groups is 1. The van der Waals surface area contributed by atoms with E-state index in [1.807, 2.05) is 31.3 Å². The second kappa shape index (κ2) is 5.73. The van der Waals surface area contributed by atoms with Crippen LogP contribution in [0.3, 0.4) is 0 Å². The minimum Gasteiger partial charge on any atom is -0.478 e. The Morgan fingerprint density at radius 3 is 2.19 bits per heavy atom. The lowest BCUT2D eigenvalue weighted by Gasteiger charge is -2.57. The zero-order valence-electron chi connectivity index (χ0n) is 15.4. The summed E-state index contributed by atoms with van der Waals surface area (Å²) in [5.41, 5.74) is 3.98. The van der Waals surface area contributed by atoms with Crippen LogP contribution >= 0.6 is 0 Å². The van der Waals surface area contributed by atoms with Crippen LogP contribution in [0, 0.1) is 23.2 Å². The summed E-state index contributed by atoms with van der Waals surface area (Å²) in [6, 6.07) is 12.0. The fourth-order valence-corrected chi connectivity index (χ4v) is 6.79. The highest BCUT2D eigenvalue weighted by molar-refractivity contribution is 5.91. The van der Waals surface area contributed by atoms with Crippen molar-refractivity contribution in [3.05, 3.63) is 47.7 Å². The first kappa shape index (κ1) is 16.2. The molecule has 0 saturated heterocycles. The van der Waals surface area contributed by atoms with Crippen molar-refractivity contribution in [2.24, 2.45) is 30.2 Å². The third-order valence-electron chi connectivity index (χ3n) is 7.37. The Morgan fingerprint density at radius 1 is 1.08 bits per heavy atom. The molecule has 4 aliphatic rings. The Balaban J connectivity index is 1.55. The fraction of sp³-hybridized carbons (Fsp3) is 0.522. The maximum Gasteiger partial charge on any atom is 0.337 e. The van der Waals surface area contributed by atoms with Crippen molar-refractivity contribution < 1.29 is 9.90 Å². The number of carboxylic acid groups (broad SMARTS) is 1. The lowest BCUT2D eigenvalue weighted by Crippen LogP contribution is -2.47. The number of nitrogens with zero attached hydrogens (tertiary/aromatic N) is 1. The first-order valence-corrected chi connectivity index (χ1v) is 10.0. The van der Waals surface area contributed by atoms with Crippen molar-refractivity contribution in [1.82, 2.24) is 4.57 Å². The standard InChI is InChI=1S/C23H27NO2/c1-24-20(18-5-3-2-4-6-18)10-19(22(25)26)21(24)14-23-11-15-7-16(12-23)9-17(8-15)13-23/h2-6,10,15-17H,7-9,11-14H2,1H3,(H,25,26). The predicted octanol–water partition coefficient (Wildman–Crippen LogP) is 5.15. The van der Waals surface area contributed by atoms with E-state index >= 15 is 0 Å². The fourth-order valence-electron chi connectivity index (χ4n) is 6.79. The van der Waals surface area contributed by atoms with Crippen molar-refractivity contribution in [2.75, 3.05) is 0 Å². The minimum absolute atomic E-state index is 0.346. The van der Waals surface area contributed by atoms with Crippen LogP contribution in [0.2, 0.25) is 0 Å². The average molecular weight is 349 g/mol. The van der Waals surface area contributed by atoms with E-state index in [1.165, 1.54) is 38.5 Å². The third kappa shape index (κ3) is 2.52. The highest BCUT2D eigenvalue weighted by Gasteiger charge is 2.51. The molecule has 4 bridgehead atoms. The lowest BCUT2D eigenvalue weighted by atomic mass is 9.48. The van der Waals surface area contributed by atoms with Crippen LogP contribution < -0.4 is 0 Å². The highest BCUT2D eigenvalue weighted by Crippen LogP contribution is 2.61. The van der Waals surface area contributed by atoms with Gasteiger partial charge in [0.2, 0.25) is 0 Å². The minimum atomic E-state index is -0.789. The molecule has 3 nitrogen and oxygen atoms in total. The molecule has 1 N–H and O–H groups in total. The van der Waals surface area contributed by atoms with Crippen LogP contribution in [0.1, 0.15) is 54.6 Å². The zero-order chi connectivity index (χ0) is 17.9. The normalized spacial score (nSPS) is 32.1. The summed E-state index contributed by atoms with van der Waals surface area (Å²) in [5, 5.41) is 9.85. The Kier molecular flexibility index (Phi) is 3.57. The van der Waals surface area contributed by atoms with Crippen LogP contribution in [-0.2, 0) is 13.5 Å². The second-order valence-electron chi connectivity index (χ2n) is 9.21. The molecular weight excluding hydrogens is 322 g/mol. The monoisotopic (exact) mass is 349 g/mol. The van der Waals surface area contributed by atoms with Crippen LogP contribution in [0.15, 0.2) is 36.4 Å². The van der Waals surface area contributed by atoms with Crippen molar-refractivity contribution in [1.29, 1.82) is 0 Å². The summed E-state index contributed by atoms with van der Waals surface area (Å²) in [7, 11) is 2.05. The quantitative estimate of drug-likeness (QED) is 0.829. The van der Waals surface area contributed by atoms with E-state index in [4.69, 9.17) is 0 Å². The summed E-state index contributed by atoms with van der Waals surface area (Å²) in [6.07, 6.45) is 9.13. The molecule has 26 heavy (non-hydrogen) atoms. The van der Waals surface area contributed by atoms with E-state index in [0.29, 0.717) is 11.0 Å². The molecule has 4 aliphatic carbocycles. The summed E-state index contributed by atoms with van der Waals surface area (Å²) < 4.78 is 2.15. The van der Waals surface area contributed by atoms with Gasteiger partial charge in [-0.25, -0.2) is 4.79 Å². The molecule has 0 amide bonds. The SMILES string of the molecule is Cn1c(-c2ccccc2)cc(C(=O)O)c1CC12CC3CC(CC(C3)C1)C2. The van der Waals surface area contributed by atoms with Crippen molar-refractivity contribution >= 4 is 5.97 Å². The molecule has 0 aliphatic heterocycles. The average Bonchev–Trinajstić information content (AvgIpc) is 2.91. The molecule has 2 aromatic rings. The lowest BCUT2D eigenvalue weighted by molar-refractivity contribution is -0.0530. The van der Waals surface area contributed by atoms with Crippen molar-refractivity contribution in [2.45, 2.75) is 44.9 Å². The van der Waals surface area contributed by atoms with Gasteiger partial charge < -0.3 is 9.67 Å². The molecule has 0 unspecified atom stereocenters. The highest BCUT2D eigenvalue weighted by atomic mass is 16.4. The van der Waals surface area contributed by atoms with E-state index < -0.39 is 5.97 Å². The molecule has 1 heterocycles. The van der Waals surface area contributed by atoms with E-state index in [9.17, 15) is 9.90 Å². The zero-order valence-corrected chi connectivity index (χ0v) is 15.4. The molecule has 0 atom stereocenters. The topological polar surface area (TPSA) is 42.2 Å². The molecule has 4 saturated carbocycles. The molecule has 4 fully saturated rings. The number of hydrogen-bond acceptors (Lipinski definition) is 1. The van der Waals surface area contributed by atoms with Gasteiger partial charge in [-0.1, -0.05) is 30.3 Å². The number of aromatic carboxylic acids is 1. The van der Waals surface area contributed by atoms with Crippen molar-refractivity contribution in [3.63, 3.8) is 0 Å². The largest absolute Gasteiger partial charge is 0.478 e. The van der Waals surface area contributed by atoms with Crippen LogP contribution in [0.5, 0.6) is 0 Å². The van der Waals surface area contributed by atoms with Gasteiger partial charge in [0.05, 0.1) is 5.56 Å². The van der Waals surface area contributed by atoms with Gasteiger partial charge in [0, 0.05) is 18.4 Å². The van der Waals surface area contributed by atoms with Crippen LogP contribution in [0.25, 0.3) is 11.3 Å². The Labute approximate surface area is 155 Å². The van der Waals surface area contributed by atoms with Gasteiger partial charge in [0.1, 0.15) is 0 Å². The maximum atomic E-state index is 12.0. The van der Waals surface area contributed by atoms with Crippen LogP contribution in [0.4, 0.5) is 0 Å². The molecule has 3 heteroatoms. The summed E-state index contributed by atoms with van der Waals surface area (Å²) >= 11 is 0. The molecule has 6 rings (SSSR count). The second-order valence-corrected chi connectivity index (χ2v) is 9.21. The maximum absolute atomic E-state index is 12.0. The van der Waals surface area contributed by atoms with Gasteiger partial charge in [-0.3, -0.25) is 0 Å². The van der Waals surface area contributed by atoms with Gasteiger partial charge in [0.15, 0.2) is 0 Å². The first-order valence-electron chi connectivity index (χ1n) is 10.0. The smallest absolute Gasteiger partial charge is 0.337 e. The Morgan fingerprint density at radius 2 is 1.65 bits per heavy atom. The molecule has 0 spiro atoms. The first-order chi connectivity index (χ1) is 12.5. The third-order valence-corrected chi connectivity index (χ3v) is 7.37.